The van der Waals surface area contributed by atoms with Crippen LogP contribution in [0.25, 0.3) is 0 Å². The minimum atomic E-state index is -3.81. The summed E-state index contributed by atoms with van der Waals surface area (Å²) in [5, 5.41) is 8.84. The summed E-state index contributed by atoms with van der Waals surface area (Å²) in [5.41, 5.74) is 0.770. The molecule has 0 radical (unpaired) electrons. The van der Waals surface area contributed by atoms with Crippen LogP contribution in [0, 0.1) is 0 Å². The molecule has 100 valence electrons. The molecule has 1 aliphatic carbocycles. The third kappa shape index (κ3) is 2.53. The molecule has 0 spiro atoms. The molecule has 1 saturated carbocycles. The number of carboxylic acids is 1. The van der Waals surface area contributed by atoms with E-state index in [9.17, 15) is 13.2 Å². The van der Waals surface area contributed by atoms with Gasteiger partial charge in [-0.25, -0.2) is 22.9 Å². The van der Waals surface area contributed by atoms with Crippen molar-refractivity contribution in [3.63, 3.8) is 0 Å². The van der Waals surface area contributed by atoms with Gasteiger partial charge in [0, 0.05) is 13.2 Å². The molecule has 1 heterocycles. The molecule has 0 amide bonds. The summed E-state index contributed by atoms with van der Waals surface area (Å²) < 4.78 is 31.2. The van der Waals surface area contributed by atoms with E-state index >= 15 is 0 Å². The van der Waals surface area contributed by atoms with E-state index in [0.29, 0.717) is 12.8 Å². The molecule has 2 N–H and O–H groups in total. The van der Waals surface area contributed by atoms with Crippen molar-refractivity contribution in [1.29, 1.82) is 0 Å². The van der Waals surface area contributed by atoms with E-state index in [-0.39, 0.29) is 16.4 Å². The molecule has 0 aromatic carbocycles. The number of nitrogens with zero attached hydrogens (tertiary/aromatic N) is 1. The van der Waals surface area contributed by atoms with E-state index < -0.39 is 21.7 Å². The van der Waals surface area contributed by atoms with Crippen LogP contribution in [0.15, 0.2) is 9.72 Å². The number of hydrogen-bond acceptors (Lipinski definition) is 6. The van der Waals surface area contributed by atoms with Gasteiger partial charge >= 0.3 is 5.97 Å². The monoisotopic (exact) mass is 292 g/mol. The van der Waals surface area contributed by atoms with Gasteiger partial charge in [-0.15, -0.1) is 11.3 Å². The summed E-state index contributed by atoms with van der Waals surface area (Å²) in [4.78, 5) is 14.4. The highest BCUT2D eigenvalue weighted by Crippen LogP contribution is 2.26. The molecular formula is C9H12N2O5S2. The first-order chi connectivity index (χ1) is 8.44. The normalized spacial score (nSPS) is 23.6. The number of nitrogens with one attached hydrogen (secondary N) is 1. The first-order valence-electron chi connectivity index (χ1n) is 5.16. The summed E-state index contributed by atoms with van der Waals surface area (Å²) in [6.07, 6.45) is 1.26. The van der Waals surface area contributed by atoms with Crippen molar-refractivity contribution in [1.82, 2.24) is 9.71 Å². The Morgan fingerprint density at radius 1 is 1.61 bits per heavy atom. The van der Waals surface area contributed by atoms with Crippen LogP contribution in [-0.2, 0) is 14.8 Å². The Balaban J connectivity index is 2.12. The number of hydrogen-bond donors (Lipinski definition) is 2. The highest BCUT2D eigenvalue weighted by molar-refractivity contribution is 7.91. The minimum Gasteiger partial charge on any atom is -0.476 e. The standard InChI is InChI=1S/C9H12N2O5S2/c1-16-6-2-5(3-6)11-18(14,15)9-7(8(12)13)10-4-17-9/h4-6,11H,2-3H2,1H3,(H,12,13). The molecule has 9 heteroatoms. The van der Waals surface area contributed by atoms with Crippen LogP contribution in [0.1, 0.15) is 23.3 Å². The van der Waals surface area contributed by atoms with E-state index in [4.69, 9.17) is 9.84 Å². The number of thiazole rings is 1. The predicted octanol–water partition coefficient (Wildman–Crippen LogP) is 0.297. The lowest BCUT2D eigenvalue weighted by Gasteiger charge is -2.34. The number of carbonyl (C=O) groups is 1. The maximum absolute atomic E-state index is 12.0. The van der Waals surface area contributed by atoms with Gasteiger partial charge in [0.05, 0.1) is 11.6 Å². The molecule has 0 bridgehead atoms. The molecule has 1 fully saturated rings. The summed E-state index contributed by atoms with van der Waals surface area (Å²) in [7, 11) is -2.24. The lowest BCUT2D eigenvalue weighted by atomic mass is 9.90. The molecule has 0 aliphatic heterocycles. The van der Waals surface area contributed by atoms with Gasteiger partial charge in [-0.2, -0.15) is 0 Å². The van der Waals surface area contributed by atoms with E-state index in [0.717, 1.165) is 11.3 Å². The molecule has 2 rings (SSSR count). The number of ether oxygens (including phenoxy) is 1. The van der Waals surface area contributed by atoms with Crippen molar-refractivity contribution in [3.8, 4) is 0 Å². The topological polar surface area (TPSA) is 106 Å². The largest absolute Gasteiger partial charge is 0.476 e. The fourth-order valence-electron chi connectivity index (χ4n) is 1.70. The number of methoxy groups -OCH3 is 1. The molecule has 0 atom stereocenters. The van der Waals surface area contributed by atoms with Crippen LogP contribution in [0.3, 0.4) is 0 Å². The van der Waals surface area contributed by atoms with Crippen molar-refractivity contribution in [2.75, 3.05) is 7.11 Å². The average Bonchev–Trinajstić information content (AvgIpc) is 2.72. The molecule has 1 aliphatic rings. The van der Waals surface area contributed by atoms with Crippen molar-refractivity contribution in [3.05, 3.63) is 11.2 Å². The van der Waals surface area contributed by atoms with Gasteiger partial charge in [-0.1, -0.05) is 0 Å². The SMILES string of the molecule is COC1CC(NS(=O)(=O)c2scnc2C(=O)O)C1. The van der Waals surface area contributed by atoms with Gasteiger partial charge < -0.3 is 9.84 Å². The second-order valence-electron chi connectivity index (χ2n) is 3.94. The number of aromatic carboxylic acids is 1. The van der Waals surface area contributed by atoms with Gasteiger partial charge in [0.1, 0.15) is 0 Å². The van der Waals surface area contributed by atoms with Crippen LogP contribution in [0.2, 0.25) is 0 Å². The zero-order valence-corrected chi connectivity index (χ0v) is 11.1. The third-order valence-corrected chi connectivity index (χ3v) is 5.62. The zero-order valence-electron chi connectivity index (χ0n) is 9.49. The summed E-state index contributed by atoms with van der Waals surface area (Å²) in [5.74, 6) is -1.35. The molecular weight excluding hydrogens is 280 g/mol. The van der Waals surface area contributed by atoms with Gasteiger partial charge in [0.15, 0.2) is 9.90 Å². The summed E-state index contributed by atoms with van der Waals surface area (Å²) >= 11 is 0.794. The summed E-state index contributed by atoms with van der Waals surface area (Å²) in [6.45, 7) is 0. The molecule has 0 unspecified atom stereocenters. The van der Waals surface area contributed by atoms with Crippen LogP contribution in [0.5, 0.6) is 0 Å². The van der Waals surface area contributed by atoms with Gasteiger partial charge in [0.2, 0.25) is 0 Å². The average molecular weight is 292 g/mol. The van der Waals surface area contributed by atoms with E-state index in [2.05, 4.69) is 9.71 Å². The third-order valence-electron chi connectivity index (χ3n) is 2.73. The second-order valence-corrected chi connectivity index (χ2v) is 6.70. The molecule has 7 nitrogen and oxygen atoms in total. The van der Waals surface area contributed by atoms with Gasteiger partial charge in [0.25, 0.3) is 10.0 Å². The molecule has 18 heavy (non-hydrogen) atoms. The Hall–Kier alpha value is -1.03. The Labute approximate surface area is 108 Å². The van der Waals surface area contributed by atoms with Crippen LogP contribution in [-0.4, -0.2) is 43.7 Å². The smallest absolute Gasteiger partial charge is 0.356 e. The summed E-state index contributed by atoms with van der Waals surface area (Å²) in [6, 6.07) is -0.205. The first kappa shape index (κ1) is 13.4. The Morgan fingerprint density at radius 2 is 2.28 bits per heavy atom. The Bertz CT molecular complexity index is 547. The highest BCUT2D eigenvalue weighted by Gasteiger charge is 2.35. The van der Waals surface area contributed by atoms with Crippen molar-refractivity contribution in [2.45, 2.75) is 29.2 Å². The Morgan fingerprint density at radius 3 is 2.83 bits per heavy atom. The van der Waals surface area contributed by atoms with Gasteiger partial charge in [-0.3, -0.25) is 0 Å². The minimum absolute atomic E-state index is 0.0677. The first-order valence-corrected chi connectivity index (χ1v) is 7.52. The van der Waals surface area contributed by atoms with Crippen molar-refractivity contribution < 1.29 is 23.1 Å². The van der Waals surface area contributed by atoms with Crippen molar-refractivity contribution in [2.24, 2.45) is 0 Å². The van der Waals surface area contributed by atoms with E-state index in [1.54, 1.807) is 7.11 Å². The molecule has 1 aromatic heterocycles. The fraction of sp³-hybridized carbons (Fsp3) is 0.556. The fourth-order valence-corrected chi connectivity index (χ4v) is 4.11. The lowest BCUT2D eigenvalue weighted by molar-refractivity contribution is 0.0236. The number of carboxylic acid groups (broad SMARTS) is 1. The second kappa shape index (κ2) is 4.92. The van der Waals surface area contributed by atoms with Crippen molar-refractivity contribution >= 4 is 27.3 Å². The maximum Gasteiger partial charge on any atom is 0.356 e. The van der Waals surface area contributed by atoms with Gasteiger partial charge in [-0.05, 0) is 12.8 Å². The van der Waals surface area contributed by atoms with Crippen LogP contribution < -0.4 is 4.72 Å². The van der Waals surface area contributed by atoms with E-state index in [1.807, 2.05) is 0 Å². The van der Waals surface area contributed by atoms with E-state index in [1.165, 1.54) is 5.51 Å². The number of aromatic nitrogens is 1. The highest BCUT2D eigenvalue weighted by atomic mass is 32.2. The molecule has 1 aromatic rings. The lowest BCUT2D eigenvalue weighted by Crippen LogP contribution is -2.47. The number of rotatable bonds is 5. The zero-order chi connectivity index (χ0) is 13.3. The molecule has 0 saturated heterocycles. The predicted molar refractivity (Wildman–Crippen MR) is 63.2 cm³/mol. The Kier molecular flexibility index (Phi) is 3.66. The van der Waals surface area contributed by atoms with Crippen LogP contribution >= 0.6 is 11.3 Å². The maximum atomic E-state index is 12.0. The quantitative estimate of drug-likeness (QED) is 0.808. The number of sulfonamides is 1. The van der Waals surface area contributed by atoms with Crippen LogP contribution in [0.4, 0.5) is 0 Å².